The van der Waals surface area contributed by atoms with Crippen molar-refractivity contribution < 1.29 is 9.53 Å². The van der Waals surface area contributed by atoms with Crippen LogP contribution in [0.5, 0.6) is 5.75 Å². The molecule has 0 radical (unpaired) electrons. The van der Waals surface area contributed by atoms with Crippen LogP contribution in [0.25, 0.3) is 0 Å². The molecule has 6 nitrogen and oxygen atoms in total. The maximum absolute atomic E-state index is 12.6. The van der Waals surface area contributed by atoms with Crippen LogP contribution in [0.1, 0.15) is 64.1 Å². The first-order chi connectivity index (χ1) is 15.8. The maximum atomic E-state index is 12.6. The summed E-state index contributed by atoms with van der Waals surface area (Å²) in [5.74, 6) is 2.20. The molecule has 176 valence electrons. The Morgan fingerprint density at radius 2 is 1.73 bits per heavy atom. The van der Waals surface area contributed by atoms with E-state index >= 15 is 0 Å². The molecule has 1 amide bonds. The smallest absolute Gasteiger partial charge is 0.234 e. The fourth-order valence-electron chi connectivity index (χ4n) is 3.40. The molecule has 1 aromatic heterocycles. The molecule has 2 aromatic carbocycles. The van der Waals surface area contributed by atoms with Gasteiger partial charge in [0.1, 0.15) is 5.75 Å². The highest BCUT2D eigenvalue weighted by molar-refractivity contribution is 7.99. The van der Waals surface area contributed by atoms with E-state index in [1.165, 1.54) is 17.3 Å². The van der Waals surface area contributed by atoms with Crippen molar-refractivity contribution in [1.82, 2.24) is 14.8 Å². The second-order valence-corrected chi connectivity index (χ2v) is 10.1. The zero-order chi connectivity index (χ0) is 24.0. The largest absolute Gasteiger partial charge is 0.483 e. The Kier molecular flexibility index (Phi) is 8.86. The molecular weight excluding hydrogens is 452 g/mol. The number of amides is 1. The van der Waals surface area contributed by atoms with Crippen LogP contribution >= 0.6 is 23.5 Å². The van der Waals surface area contributed by atoms with Gasteiger partial charge < -0.3 is 14.6 Å². The number of thioether (sulfide) groups is 2. The lowest BCUT2D eigenvalue weighted by Crippen LogP contribution is -2.17. The highest BCUT2D eigenvalue weighted by Gasteiger charge is 2.22. The van der Waals surface area contributed by atoms with Crippen molar-refractivity contribution in [1.29, 1.82) is 0 Å². The summed E-state index contributed by atoms with van der Waals surface area (Å²) in [6, 6.07) is 16.1. The summed E-state index contributed by atoms with van der Waals surface area (Å²) >= 11 is 2.99. The van der Waals surface area contributed by atoms with E-state index in [0.29, 0.717) is 11.1 Å². The third kappa shape index (κ3) is 6.54. The number of carbonyl (C=O) groups excluding carboxylic acids is 1. The molecule has 3 aromatic rings. The lowest BCUT2D eigenvalue weighted by Gasteiger charge is -2.19. The van der Waals surface area contributed by atoms with Crippen molar-refractivity contribution in [2.75, 3.05) is 17.3 Å². The molecule has 0 bridgehead atoms. The number of aromatic nitrogens is 3. The Balaban J connectivity index is 1.67. The first-order valence-corrected chi connectivity index (χ1v) is 13.3. The van der Waals surface area contributed by atoms with Crippen molar-refractivity contribution in [3.05, 3.63) is 59.9 Å². The molecule has 0 aliphatic rings. The maximum Gasteiger partial charge on any atom is 0.234 e. The number of nitrogens with zero attached hydrogens (tertiary/aromatic N) is 3. The lowest BCUT2D eigenvalue weighted by molar-refractivity contribution is -0.113. The van der Waals surface area contributed by atoms with Crippen LogP contribution in [-0.4, -0.2) is 32.7 Å². The van der Waals surface area contributed by atoms with Gasteiger partial charge in [0.15, 0.2) is 17.1 Å². The van der Waals surface area contributed by atoms with Gasteiger partial charge in [0.25, 0.3) is 0 Å². The van der Waals surface area contributed by atoms with Crippen LogP contribution in [0.2, 0.25) is 0 Å². The van der Waals surface area contributed by atoms with Crippen molar-refractivity contribution in [2.45, 2.75) is 62.7 Å². The number of carbonyl (C=O) groups is 1. The predicted octanol–water partition coefficient (Wildman–Crippen LogP) is 6.58. The van der Waals surface area contributed by atoms with Gasteiger partial charge >= 0.3 is 0 Å². The monoisotopic (exact) mass is 484 g/mol. The molecule has 0 aliphatic carbocycles. The molecule has 3 rings (SSSR count). The number of benzene rings is 2. The zero-order valence-corrected chi connectivity index (χ0v) is 21.7. The minimum absolute atomic E-state index is 0.0732. The molecule has 1 heterocycles. The highest BCUT2D eigenvalue weighted by atomic mass is 32.2. The molecule has 0 saturated carbocycles. The first kappa shape index (κ1) is 25.2. The number of para-hydroxylation sites is 1. The Bertz CT molecular complexity index is 1060. The van der Waals surface area contributed by atoms with Crippen LogP contribution in [0.15, 0.2) is 58.6 Å². The molecule has 0 fully saturated rings. The van der Waals surface area contributed by atoms with E-state index in [-0.39, 0.29) is 23.8 Å². The summed E-state index contributed by atoms with van der Waals surface area (Å²) < 4.78 is 8.20. The zero-order valence-electron chi connectivity index (χ0n) is 20.0. The fraction of sp³-hybridized carbons (Fsp3) is 0.400. The van der Waals surface area contributed by atoms with E-state index in [4.69, 9.17) is 4.74 Å². The Hall–Kier alpha value is -2.45. The molecule has 0 aliphatic heterocycles. The second-order valence-electron chi connectivity index (χ2n) is 8.33. The van der Waals surface area contributed by atoms with Crippen molar-refractivity contribution in [2.24, 2.45) is 0 Å². The topological polar surface area (TPSA) is 69.0 Å². The molecule has 33 heavy (non-hydrogen) atoms. The van der Waals surface area contributed by atoms with Crippen LogP contribution < -0.4 is 10.1 Å². The lowest BCUT2D eigenvalue weighted by atomic mass is 10.0. The van der Waals surface area contributed by atoms with Crippen molar-refractivity contribution >= 4 is 35.1 Å². The minimum Gasteiger partial charge on any atom is -0.483 e. The van der Waals surface area contributed by atoms with E-state index in [1.54, 1.807) is 11.8 Å². The van der Waals surface area contributed by atoms with Gasteiger partial charge in [0, 0.05) is 10.9 Å². The predicted molar refractivity (Wildman–Crippen MR) is 138 cm³/mol. The van der Waals surface area contributed by atoms with Gasteiger partial charge in [-0.2, -0.15) is 0 Å². The third-order valence-corrected chi connectivity index (χ3v) is 6.88. The quantitative estimate of drug-likeness (QED) is 0.328. The average molecular weight is 485 g/mol. The molecule has 1 N–H and O–H groups in total. The van der Waals surface area contributed by atoms with Gasteiger partial charge in [-0.15, -0.1) is 22.0 Å². The summed E-state index contributed by atoms with van der Waals surface area (Å²) in [5.41, 5.74) is 2.10. The van der Waals surface area contributed by atoms with E-state index in [1.807, 2.05) is 54.1 Å². The van der Waals surface area contributed by atoms with Gasteiger partial charge in [-0.1, -0.05) is 49.9 Å². The standard InChI is InChI=1S/C25H32N4O2S2/c1-16(2)19-11-13-20(14-12-19)31-18(5)24-27-28-25(29(24)17(3)4)33-15-23(30)26-21-9-7-8-10-22(21)32-6/h7-14,16-18H,15H2,1-6H3,(H,26,30). The molecule has 1 atom stereocenters. The SMILES string of the molecule is CSc1ccccc1NC(=O)CSc1nnc(C(C)Oc2ccc(C(C)C)cc2)n1C(C)C. The fourth-order valence-corrected chi connectivity index (χ4v) is 4.83. The molecular formula is C25H32N4O2S2. The van der Waals surface area contributed by atoms with E-state index in [9.17, 15) is 4.79 Å². The van der Waals surface area contributed by atoms with E-state index < -0.39 is 0 Å². The third-order valence-electron chi connectivity index (χ3n) is 5.14. The number of nitrogens with one attached hydrogen (secondary N) is 1. The van der Waals surface area contributed by atoms with E-state index in [0.717, 1.165) is 22.2 Å². The minimum atomic E-state index is -0.276. The molecule has 0 spiro atoms. The second kappa shape index (κ2) is 11.6. The van der Waals surface area contributed by atoms with Gasteiger partial charge in [0.05, 0.1) is 11.4 Å². The highest BCUT2D eigenvalue weighted by Crippen LogP contribution is 2.29. The molecule has 1 unspecified atom stereocenters. The average Bonchev–Trinajstić information content (AvgIpc) is 3.23. The number of ether oxygens (including phenoxy) is 1. The summed E-state index contributed by atoms with van der Waals surface area (Å²) in [6.45, 7) is 10.5. The van der Waals surface area contributed by atoms with E-state index in [2.05, 4.69) is 55.3 Å². The molecule has 0 saturated heterocycles. The number of anilines is 1. The van der Waals surface area contributed by atoms with Crippen LogP contribution in [0.3, 0.4) is 0 Å². The summed E-state index contributed by atoms with van der Waals surface area (Å²) in [5, 5.41) is 12.5. The number of rotatable bonds is 10. The van der Waals surface area contributed by atoms with Gasteiger partial charge in [-0.05, 0) is 62.8 Å². The first-order valence-electron chi connectivity index (χ1n) is 11.1. The summed E-state index contributed by atoms with van der Waals surface area (Å²) in [7, 11) is 0. The number of hydrogen-bond acceptors (Lipinski definition) is 6. The number of hydrogen-bond donors (Lipinski definition) is 1. The summed E-state index contributed by atoms with van der Waals surface area (Å²) in [4.78, 5) is 13.6. The normalized spacial score (nSPS) is 12.2. The molecule has 8 heteroatoms. The van der Waals surface area contributed by atoms with Crippen molar-refractivity contribution in [3.63, 3.8) is 0 Å². The van der Waals surface area contributed by atoms with Gasteiger partial charge in [0.2, 0.25) is 5.91 Å². The Morgan fingerprint density at radius 1 is 1.03 bits per heavy atom. The Morgan fingerprint density at radius 3 is 2.36 bits per heavy atom. The van der Waals surface area contributed by atoms with Gasteiger partial charge in [-0.3, -0.25) is 4.79 Å². The van der Waals surface area contributed by atoms with Crippen molar-refractivity contribution in [3.8, 4) is 5.75 Å². The van der Waals surface area contributed by atoms with Crippen LogP contribution in [-0.2, 0) is 4.79 Å². The van der Waals surface area contributed by atoms with Gasteiger partial charge in [-0.25, -0.2) is 0 Å². The van der Waals surface area contributed by atoms with Crippen LogP contribution in [0.4, 0.5) is 5.69 Å². The Labute approximate surface area is 204 Å². The summed E-state index contributed by atoms with van der Waals surface area (Å²) in [6.07, 6.45) is 1.72. The van der Waals surface area contributed by atoms with Crippen LogP contribution in [0, 0.1) is 0 Å².